The predicted octanol–water partition coefficient (Wildman–Crippen LogP) is 3.50. The van der Waals surface area contributed by atoms with Crippen LogP contribution in [0.3, 0.4) is 0 Å². The van der Waals surface area contributed by atoms with Gasteiger partial charge in [-0.15, -0.1) is 0 Å². The monoisotopic (exact) mass is 259 g/mol. The van der Waals surface area contributed by atoms with Gasteiger partial charge in [-0.3, -0.25) is 0 Å². The van der Waals surface area contributed by atoms with Crippen molar-refractivity contribution in [3.63, 3.8) is 0 Å². The Balaban J connectivity index is 2.01. The lowest BCUT2D eigenvalue weighted by Crippen LogP contribution is -2.04. The quantitative estimate of drug-likeness (QED) is 0.892. The van der Waals surface area contributed by atoms with Gasteiger partial charge in [0.05, 0.1) is 0 Å². The molecule has 1 aromatic carbocycles. The number of nitrogens with one attached hydrogen (secondary N) is 1. The molecule has 3 nitrogen and oxygen atoms in total. The van der Waals surface area contributed by atoms with Crippen LogP contribution in [0.15, 0.2) is 28.7 Å². The van der Waals surface area contributed by atoms with E-state index in [0.29, 0.717) is 6.61 Å². The summed E-state index contributed by atoms with van der Waals surface area (Å²) in [6.45, 7) is 7.45. The zero-order valence-electron chi connectivity index (χ0n) is 12.0. The molecule has 0 unspecified atom stereocenters. The van der Waals surface area contributed by atoms with Crippen molar-refractivity contribution in [3.8, 4) is 5.75 Å². The molecule has 2 aromatic rings. The van der Waals surface area contributed by atoms with Gasteiger partial charge in [0.15, 0.2) is 0 Å². The Morgan fingerprint density at radius 1 is 1.11 bits per heavy atom. The lowest BCUT2D eigenvalue weighted by molar-refractivity contribution is 0.267. The van der Waals surface area contributed by atoms with Crippen molar-refractivity contribution >= 4 is 0 Å². The fourth-order valence-electron chi connectivity index (χ4n) is 1.98. The van der Waals surface area contributed by atoms with E-state index in [9.17, 15) is 0 Å². The normalized spacial score (nSPS) is 10.7. The zero-order valence-corrected chi connectivity index (χ0v) is 12.0. The Bertz CT molecular complexity index is 558. The first-order chi connectivity index (χ1) is 9.10. The van der Waals surface area contributed by atoms with Gasteiger partial charge in [0, 0.05) is 12.1 Å². The van der Waals surface area contributed by atoms with Gasteiger partial charge in [-0.05, 0) is 57.1 Å². The number of furan rings is 1. The second kappa shape index (κ2) is 5.93. The molecule has 1 N–H and O–H groups in total. The number of aryl methyl sites for hydroxylation is 3. The maximum absolute atomic E-state index is 5.76. The van der Waals surface area contributed by atoms with Crippen LogP contribution < -0.4 is 10.1 Å². The van der Waals surface area contributed by atoms with Gasteiger partial charge in [-0.2, -0.15) is 0 Å². The van der Waals surface area contributed by atoms with Crippen molar-refractivity contribution in [1.29, 1.82) is 0 Å². The first-order valence-corrected chi connectivity index (χ1v) is 6.53. The van der Waals surface area contributed by atoms with Crippen LogP contribution in [0.25, 0.3) is 0 Å². The number of ether oxygens (including phenoxy) is 1. The summed E-state index contributed by atoms with van der Waals surface area (Å²) >= 11 is 0. The molecule has 0 radical (unpaired) electrons. The molecule has 0 atom stereocenters. The van der Waals surface area contributed by atoms with Crippen molar-refractivity contribution < 1.29 is 9.15 Å². The van der Waals surface area contributed by atoms with Gasteiger partial charge < -0.3 is 14.5 Å². The molecule has 19 heavy (non-hydrogen) atoms. The first kappa shape index (κ1) is 13.7. The van der Waals surface area contributed by atoms with E-state index in [4.69, 9.17) is 9.15 Å². The average Bonchev–Trinajstić information content (AvgIpc) is 2.72. The van der Waals surface area contributed by atoms with E-state index in [2.05, 4.69) is 31.3 Å². The van der Waals surface area contributed by atoms with E-state index >= 15 is 0 Å². The Labute approximate surface area is 114 Å². The van der Waals surface area contributed by atoms with Gasteiger partial charge >= 0.3 is 0 Å². The van der Waals surface area contributed by atoms with Crippen molar-refractivity contribution in [3.05, 3.63) is 52.5 Å². The summed E-state index contributed by atoms with van der Waals surface area (Å²) < 4.78 is 11.4. The highest BCUT2D eigenvalue weighted by Gasteiger charge is 2.07. The second-order valence-electron chi connectivity index (χ2n) is 4.86. The minimum absolute atomic E-state index is 0.465. The van der Waals surface area contributed by atoms with E-state index in [0.717, 1.165) is 23.8 Å². The fraction of sp³-hybridized carbons (Fsp3) is 0.375. The molecule has 0 saturated carbocycles. The summed E-state index contributed by atoms with van der Waals surface area (Å²) in [6, 6.07) is 8.17. The van der Waals surface area contributed by atoms with Gasteiger partial charge in [-0.25, -0.2) is 0 Å². The third-order valence-electron chi connectivity index (χ3n) is 3.30. The van der Waals surface area contributed by atoms with E-state index < -0.39 is 0 Å². The number of hydrogen-bond acceptors (Lipinski definition) is 3. The van der Waals surface area contributed by atoms with Crippen LogP contribution in [0, 0.1) is 20.8 Å². The molecule has 0 aliphatic rings. The molecular formula is C16H21NO2. The van der Waals surface area contributed by atoms with Crippen molar-refractivity contribution in [2.24, 2.45) is 0 Å². The summed E-state index contributed by atoms with van der Waals surface area (Å²) in [5.74, 6) is 2.70. The SMILES string of the molecule is CNCc1cc(COc2ccc(C)c(C)c2)oc1C. The second-order valence-corrected chi connectivity index (χ2v) is 4.86. The lowest BCUT2D eigenvalue weighted by Gasteiger charge is -2.06. The third kappa shape index (κ3) is 3.38. The lowest BCUT2D eigenvalue weighted by atomic mass is 10.1. The maximum Gasteiger partial charge on any atom is 0.146 e. The molecule has 0 saturated heterocycles. The van der Waals surface area contributed by atoms with Crippen LogP contribution in [0.1, 0.15) is 28.2 Å². The van der Waals surface area contributed by atoms with Crippen molar-refractivity contribution in [1.82, 2.24) is 5.32 Å². The van der Waals surface area contributed by atoms with E-state index in [-0.39, 0.29) is 0 Å². The fourth-order valence-corrected chi connectivity index (χ4v) is 1.98. The Kier molecular flexibility index (Phi) is 4.27. The summed E-state index contributed by atoms with van der Waals surface area (Å²) in [6.07, 6.45) is 0. The molecule has 2 rings (SSSR count). The van der Waals surface area contributed by atoms with Crippen LogP contribution >= 0.6 is 0 Å². The zero-order chi connectivity index (χ0) is 13.8. The number of hydrogen-bond donors (Lipinski definition) is 1. The standard InChI is InChI=1S/C16H21NO2/c1-11-5-6-15(7-12(11)2)18-10-16-8-14(9-17-4)13(3)19-16/h5-8,17H,9-10H2,1-4H3. The summed E-state index contributed by atoms with van der Waals surface area (Å²) in [5.41, 5.74) is 3.70. The molecule has 102 valence electrons. The van der Waals surface area contributed by atoms with Gasteiger partial charge in [0.25, 0.3) is 0 Å². The Hall–Kier alpha value is -1.74. The molecule has 1 aromatic heterocycles. The topological polar surface area (TPSA) is 34.4 Å². The molecule has 0 amide bonds. The highest BCUT2D eigenvalue weighted by molar-refractivity contribution is 5.34. The van der Waals surface area contributed by atoms with E-state index in [1.54, 1.807) is 0 Å². The molecule has 0 bridgehead atoms. The highest BCUT2D eigenvalue weighted by atomic mass is 16.5. The van der Waals surface area contributed by atoms with Crippen LogP contribution in [0.4, 0.5) is 0 Å². The first-order valence-electron chi connectivity index (χ1n) is 6.53. The maximum atomic E-state index is 5.76. The molecule has 0 fully saturated rings. The molecule has 3 heteroatoms. The van der Waals surface area contributed by atoms with Crippen LogP contribution in [0.5, 0.6) is 5.75 Å². The predicted molar refractivity (Wildman–Crippen MR) is 76.5 cm³/mol. The minimum atomic E-state index is 0.465. The smallest absolute Gasteiger partial charge is 0.146 e. The molecule has 0 spiro atoms. The van der Waals surface area contributed by atoms with Gasteiger partial charge in [0.1, 0.15) is 23.9 Å². The number of rotatable bonds is 5. The van der Waals surface area contributed by atoms with Crippen LogP contribution in [-0.4, -0.2) is 7.05 Å². The molecule has 1 heterocycles. The third-order valence-corrected chi connectivity index (χ3v) is 3.30. The van der Waals surface area contributed by atoms with Gasteiger partial charge in [-0.1, -0.05) is 6.07 Å². The largest absolute Gasteiger partial charge is 0.486 e. The van der Waals surface area contributed by atoms with Crippen molar-refractivity contribution in [2.45, 2.75) is 33.9 Å². The van der Waals surface area contributed by atoms with Crippen LogP contribution in [-0.2, 0) is 13.2 Å². The van der Waals surface area contributed by atoms with E-state index in [1.807, 2.05) is 26.1 Å². The summed E-state index contributed by atoms with van der Waals surface area (Å²) in [4.78, 5) is 0. The Morgan fingerprint density at radius 3 is 2.58 bits per heavy atom. The minimum Gasteiger partial charge on any atom is -0.486 e. The van der Waals surface area contributed by atoms with Gasteiger partial charge in [0.2, 0.25) is 0 Å². The Morgan fingerprint density at radius 2 is 1.89 bits per heavy atom. The van der Waals surface area contributed by atoms with Crippen molar-refractivity contribution in [2.75, 3.05) is 7.05 Å². The van der Waals surface area contributed by atoms with Crippen LogP contribution in [0.2, 0.25) is 0 Å². The summed E-state index contributed by atoms with van der Waals surface area (Å²) in [7, 11) is 1.93. The molecular weight excluding hydrogens is 238 g/mol. The molecule has 0 aliphatic heterocycles. The highest BCUT2D eigenvalue weighted by Crippen LogP contribution is 2.20. The van der Waals surface area contributed by atoms with E-state index in [1.165, 1.54) is 16.7 Å². The molecule has 0 aliphatic carbocycles. The average molecular weight is 259 g/mol. The number of benzene rings is 1. The summed E-state index contributed by atoms with van der Waals surface area (Å²) in [5, 5.41) is 3.12.